The van der Waals surface area contributed by atoms with Crippen LogP contribution in [0.5, 0.6) is 0 Å². The van der Waals surface area contributed by atoms with Crippen molar-refractivity contribution in [2.75, 3.05) is 0 Å². The van der Waals surface area contributed by atoms with Crippen LogP contribution in [0.2, 0.25) is 0 Å². The van der Waals surface area contributed by atoms with E-state index in [1.54, 1.807) is 0 Å². The second kappa shape index (κ2) is 4.78. The Morgan fingerprint density at radius 2 is 1.25 bits per heavy atom. The minimum absolute atomic E-state index is 0.0902. The summed E-state index contributed by atoms with van der Waals surface area (Å²) in [5.74, 6) is 0. The summed E-state index contributed by atoms with van der Waals surface area (Å²) in [6.45, 7) is 13.1. The van der Waals surface area contributed by atoms with Crippen LogP contribution in [0.15, 0.2) is 18.2 Å². The van der Waals surface area contributed by atoms with E-state index in [0.29, 0.717) is 0 Å². The molecule has 0 aliphatic carbocycles. The van der Waals surface area contributed by atoms with Crippen LogP contribution in [0.3, 0.4) is 0 Å². The van der Waals surface area contributed by atoms with Crippen molar-refractivity contribution in [1.82, 2.24) is 0 Å². The van der Waals surface area contributed by atoms with Gasteiger partial charge >= 0.3 is 115 Å². The molecule has 0 amide bonds. The molecule has 0 spiro atoms. The number of hydrogen-bond donors (Lipinski definition) is 0. The molecular formula is C14H21OY. The van der Waals surface area contributed by atoms with E-state index in [1.165, 1.54) is 13.5 Å². The van der Waals surface area contributed by atoms with Gasteiger partial charge in [-0.1, -0.05) is 0 Å². The zero-order chi connectivity index (χ0) is 12.6. The van der Waals surface area contributed by atoms with E-state index in [4.69, 9.17) is 0 Å². The molecule has 2 heteroatoms. The van der Waals surface area contributed by atoms with Crippen molar-refractivity contribution in [2.45, 2.75) is 52.4 Å². The molecule has 0 aromatic heterocycles. The van der Waals surface area contributed by atoms with Crippen LogP contribution in [-0.4, -0.2) is 0 Å². The van der Waals surface area contributed by atoms with Crippen LogP contribution in [0.25, 0.3) is 0 Å². The summed E-state index contributed by atoms with van der Waals surface area (Å²) in [5.41, 5.74) is 2.73. The number of hydrogen-bond acceptors (Lipinski definition) is 1. The molecule has 0 N–H and O–H groups in total. The Labute approximate surface area is 115 Å². The van der Waals surface area contributed by atoms with E-state index in [9.17, 15) is 2.04 Å². The summed E-state index contributed by atoms with van der Waals surface area (Å²) in [6, 6.07) is 6.37. The molecule has 1 nitrogen and oxygen atoms in total. The van der Waals surface area contributed by atoms with Gasteiger partial charge in [-0.25, -0.2) is 0 Å². The van der Waals surface area contributed by atoms with Gasteiger partial charge in [-0.2, -0.15) is 0 Å². The zero-order valence-corrected chi connectivity index (χ0v) is 14.1. The van der Waals surface area contributed by atoms with Crippen LogP contribution < -0.4 is 2.37 Å². The van der Waals surface area contributed by atoms with Gasteiger partial charge in [0.25, 0.3) is 0 Å². The Hall–Kier alpha value is 0.124. The fraction of sp³-hybridized carbons (Fsp3) is 0.571. The van der Waals surface area contributed by atoms with Gasteiger partial charge in [-0.15, -0.1) is 0 Å². The van der Waals surface area contributed by atoms with Crippen molar-refractivity contribution in [1.29, 1.82) is 0 Å². The van der Waals surface area contributed by atoms with Crippen molar-refractivity contribution < 1.29 is 31.3 Å². The van der Waals surface area contributed by atoms with Crippen LogP contribution in [0.1, 0.15) is 52.7 Å². The van der Waals surface area contributed by atoms with Gasteiger partial charge in [0.15, 0.2) is 0 Å². The van der Waals surface area contributed by atoms with Crippen LogP contribution >= 0.6 is 0 Å². The Balaban J connectivity index is 3.51. The summed E-state index contributed by atoms with van der Waals surface area (Å²) >= 11 is -1.84. The molecule has 1 aromatic carbocycles. The van der Waals surface area contributed by atoms with Gasteiger partial charge in [0.1, 0.15) is 0 Å². The first-order valence-electron chi connectivity index (χ1n) is 5.77. The van der Waals surface area contributed by atoms with E-state index in [2.05, 4.69) is 59.7 Å². The van der Waals surface area contributed by atoms with Crippen molar-refractivity contribution >= 4 is 2.37 Å². The van der Waals surface area contributed by atoms with Gasteiger partial charge in [0.05, 0.1) is 0 Å². The van der Waals surface area contributed by atoms with Gasteiger partial charge < -0.3 is 0 Å². The third-order valence-electron chi connectivity index (χ3n) is 2.84. The van der Waals surface area contributed by atoms with E-state index < -0.39 is 29.3 Å². The van der Waals surface area contributed by atoms with E-state index in [0.717, 1.165) is 0 Å². The molecule has 0 heterocycles. The third-order valence-corrected chi connectivity index (χ3v) is 4.95. The summed E-state index contributed by atoms with van der Waals surface area (Å²) in [5, 5.41) is 0. The molecular weight excluding hydrogens is 273 g/mol. The molecule has 0 unspecified atom stereocenters. The van der Waals surface area contributed by atoms with Gasteiger partial charge in [-0.05, 0) is 0 Å². The molecule has 1 rings (SSSR count). The van der Waals surface area contributed by atoms with Crippen LogP contribution in [-0.2, 0) is 42.1 Å². The molecule has 0 fully saturated rings. The third kappa shape index (κ3) is 3.08. The van der Waals surface area contributed by atoms with Gasteiger partial charge in [-0.3, -0.25) is 0 Å². The Morgan fingerprint density at radius 3 is 1.50 bits per heavy atom. The van der Waals surface area contributed by atoms with Crippen molar-refractivity contribution in [3.8, 4) is 0 Å². The van der Waals surface area contributed by atoms with E-state index in [1.807, 2.05) is 0 Å². The van der Waals surface area contributed by atoms with Crippen LogP contribution in [0.4, 0.5) is 0 Å². The summed E-state index contributed by atoms with van der Waals surface area (Å²) in [7, 11) is 0. The predicted octanol–water partition coefficient (Wildman–Crippen LogP) is 3.33. The maximum atomic E-state index is 11.7. The Bertz CT molecular complexity index is 362. The molecule has 16 heavy (non-hydrogen) atoms. The minimum atomic E-state index is -1.84. The summed E-state index contributed by atoms with van der Waals surface area (Å²) in [4.78, 5) is 0. The molecule has 0 saturated heterocycles. The van der Waals surface area contributed by atoms with Crippen molar-refractivity contribution in [3.05, 3.63) is 29.3 Å². The first-order chi connectivity index (χ1) is 7.18. The molecule has 86 valence electrons. The van der Waals surface area contributed by atoms with Gasteiger partial charge in [0, 0.05) is 0 Å². The molecule has 0 bridgehead atoms. The molecule has 0 atom stereocenters. The SMILES string of the molecule is CC(C)(C)c1cccc(C(C)(C)C)[c]1[Y]=[O]. The van der Waals surface area contributed by atoms with Crippen LogP contribution in [0, 0.1) is 0 Å². The summed E-state index contributed by atoms with van der Waals surface area (Å²) < 4.78 is 12.8. The topological polar surface area (TPSA) is 17.1 Å². The summed E-state index contributed by atoms with van der Waals surface area (Å²) in [6.07, 6.45) is 0. The van der Waals surface area contributed by atoms with Crippen molar-refractivity contribution in [3.63, 3.8) is 0 Å². The monoisotopic (exact) mass is 294 g/mol. The first-order valence-corrected chi connectivity index (χ1v) is 8.35. The standard InChI is InChI=1S/C14H21.O.Y/c1-13(2,3)11-8-7-9-12(10-11)14(4,5)6;;/h7-9H,1-6H3;;. The second-order valence-corrected chi connectivity index (χ2v) is 8.38. The second-order valence-electron chi connectivity index (χ2n) is 6.38. The van der Waals surface area contributed by atoms with E-state index in [-0.39, 0.29) is 10.8 Å². The fourth-order valence-electron chi connectivity index (χ4n) is 2.00. The Morgan fingerprint density at radius 1 is 0.875 bits per heavy atom. The number of rotatable bonds is 1. The molecule has 0 saturated carbocycles. The Kier molecular flexibility index (Phi) is 4.24. The normalized spacial score (nSPS) is 12.4. The number of benzene rings is 1. The fourth-order valence-corrected chi connectivity index (χ4v) is 5.23. The zero-order valence-electron chi connectivity index (χ0n) is 11.2. The van der Waals surface area contributed by atoms with Crippen molar-refractivity contribution in [2.24, 2.45) is 0 Å². The molecule has 0 radical (unpaired) electrons. The predicted molar refractivity (Wildman–Crippen MR) is 64.2 cm³/mol. The average Bonchev–Trinajstić information content (AvgIpc) is 2.13. The molecule has 1 aromatic rings. The van der Waals surface area contributed by atoms with Gasteiger partial charge in [0.2, 0.25) is 0 Å². The quantitative estimate of drug-likeness (QED) is 0.776. The van der Waals surface area contributed by atoms with E-state index >= 15 is 0 Å². The average molecular weight is 294 g/mol. The first kappa shape index (κ1) is 14.2. The molecule has 0 aliphatic rings. The maximum absolute atomic E-state index is 11.7. The molecule has 0 aliphatic heterocycles.